The molecule has 26 heavy (non-hydrogen) atoms. The Morgan fingerprint density at radius 1 is 1.19 bits per heavy atom. The summed E-state index contributed by atoms with van der Waals surface area (Å²) in [6, 6.07) is 14.2. The molecule has 1 unspecified atom stereocenters. The molecule has 1 amide bonds. The van der Waals surface area contributed by atoms with Gasteiger partial charge in [-0.1, -0.05) is 28.1 Å². The molecule has 0 aliphatic carbocycles. The molecule has 138 valence electrons. The molecule has 1 aliphatic rings. The van der Waals surface area contributed by atoms with E-state index in [4.69, 9.17) is 0 Å². The van der Waals surface area contributed by atoms with Crippen molar-refractivity contribution in [3.63, 3.8) is 0 Å². The number of rotatable bonds is 4. The van der Waals surface area contributed by atoms with Gasteiger partial charge in [0.15, 0.2) is 0 Å². The first-order chi connectivity index (χ1) is 12.4. The van der Waals surface area contributed by atoms with Crippen LogP contribution in [0.4, 0.5) is 5.69 Å². The number of carbonyl (C=O) groups is 1. The van der Waals surface area contributed by atoms with Gasteiger partial charge in [-0.3, -0.25) is 4.79 Å². The highest BCUT2D eigenvalue weighted by atomic mass is 79.9. The van der Waals surface area contributed by atoms with E-state index in [0.29, 0.717) is 19.4 Å². The Bertz CT molecular complexity index is 897. The second kappa shape index (κ2) is 7.90. The summed E-state index contributed by atoms with van der Waals surface area (Å²) in [6.45, 7) is 2.60. The zero-order valence-electron chi connectivity index (χ0n) is 14.5. The van der Waals surface area contributed by atoms with E-state index in [0.717, 1.165) is 15.7 Å². The molecule has 0 bridgehead atoms. The first kappa shape index (κ1) is 19.1. The van der Waals surface area contributed by atoms with Gasteiger partial charge in [0, 0.05) is 23.2 Å². The topological polar surface area (TPSA) is 66.5 Å². The molecule has 5 nitrogen and oxygen atoms in total. The molecule has 1 atom stereocenters. The Morgan fingerprint density at radius 2 is 1.92 bits per heavy atom. The molecule has 1 heterocycles. The molecule has 2 aromatic rings. The van der Waals surface area contributed by atoms with Crippen molar-refractivity contribution in [3.05, 3.63) is 58.6 Å². The molecule has 0 aromatic heterocycles. The number of piperidine rings is 1. The predicted molar refractivity (Wildman–Crippen MR) is 105 cm³/mol. The summed E-state index contributed by atoms with van der Waals surface area (Å²) >= 11 is 3.31. The van der Waals surface area contributed by atoms with Gasteiger partial charge in [0.25, 0.3) is 0 Å². The third-order valence-corrected chi connectivity index (χ3v) is 6.90. The minimum atomic E-state index is -3.59. The average Bonchev–Trinajstić information content (AvgIpc) is 2.62. The van der Waals surface area contributed by atoms with Gasteiger partial charge in [-0.25, -0.2) is 8.42 Å². The normalized spacial score (nSPS) is 18.5. The number of amides is 1. The Hall–Kier alpha value is -1.70. The Balaban J connectivity index is 1.72. The van der Waals surface area contributed by atoms with E-state index in [9.17, 15) is 13.2 Å². The van der Waals surface area contributed by atoms with Crippen LogP contribution in [0, 0.1) is 12.8 Å². The van der Waals surface area contributed by atoms with Crippen LogP contribution < -0.4 is 5.32 Å². The van der Waals surface area contributed by atoms with Gasteiger partial charge in [0.05, 0.1) is 10.8 Å². The standard InChI is InChI=1S/C19H21BrN2O3S/c1-14-4-2-6-17(12-14)21-19(23)15-5-3-11-22(13-15)26(24,25)18-9-7-16(20)8-10-18/h2,4,6-10,12,15H,3,5,11,13H2,1H3,(H,21,23). The quantitative estimate of drug-likeness (QED) is 0.792. The van der Waals surface area contributed by atoms with Crippen LogP contribution in [-0.2, 0) is 14.8 Å². The van der Waals surface area contributed by atoms with Crippen LogP contribution in [0.1, 0.15) is 18.4 Å². The fourth-order valence-corrected chi connectivity index (χ4v) is 4.89. The third kappa shape index (κ3) is 4.34. The summed E-state index contributed by atoms with van der Waals surface area (Å²) in [5.74, 6) is -0.485. The van der Waals surface area contributed by atoms with Gasteiger partial charge in [0.2, 0.25) is 15.9 Å². The molecular formula is C19H21BrN2O3S. The van der Waals surface area contributed by atoms with Crippen LogP contribution in [0.15, 0.2) is 57.9 Å². The summed E-state index contributed by atoms with van der Waals surface area (Å²) in [4.78, 5) is 12.8. The lowest BCUT2D eigenvalue weighted by Crippen LogP contribution is -2.43. The molecule has 0 saturated carbocycles. The van der Waals surface area contributed by atoms with Crippen LogP contribution in [0.2, 0.25) is 0 Å². The zero-order chi connectivity index (χ0) is 18.7. The van der Waals surface area contributed by atoms with E-state index in [1.54, 1.807) is 24.3 Å². The molecule has 0 spiro atoms. The Kier molecular flexibility index (Phi) is 5.79. The predicted octanol–water partition coefficient (Wildman–Crippen LogP) is 3.80. The average molecular weight is 437 g/mol. The summed E-state index contributed by atoms with van der Waals surface area (Å²) in [6.07, 6.45) is 1.35. The molecule has 7 heteroatoms. The number of aryl methyl sites for hydroxylation is 1. The lowest BCUT2D eigenvalue weighted by molar-refractivity contribution is -0.120. The summed E-state index contributed by atoms with van der Waals surface area (Å²) < 4.78 is 27.9. The maximum atomic E-state index is 12.8. The lowest BCUT2D eigenvalue weighted by atomic mass is 9.98. The van der Waals surface area contributed by atoms with Gasteiger partial charge >= 0.3 is 0 Å². The summed E-state index contributed by atoms with van der Waals surface area (Å²) in [5.41, 5.74) is 1.80. The van der Waals surface area contributed by atoms with Crippen molar-refractivity contribution in [1.29, 1.82) is 0 Å². The molecule has 0 radical (unpaired) electrons. The van der Waals surface area contributed by atoms with Crippen LogP contribution in [0.3, 0.4) is 0 Å². The minimum absolute atomic E-state index is 0.133. The number of benzene rings is 2. The summed E-state index contributed by atoms with van der Waals surface area (Å²) in [5, 5.41) is 2.91. The van der Waals surface area contributed by atoms with Gasteiger partial charge in [-0.2, -0.15) is 4.31 Å². The van der Waals surface area contributed by atoms with Crippen molar-refractivity contribution in [2.24, 2.45) is 5.92 Å². The first-order valence-electron chi connectivity index (χ1n) is 8.49. The molecule has 3 rings (SSSR count). The van der Waals surface area contributed by atoms with E-state index in [1.165, 1.54) is 4.31 Å². The largest absolute Gasteiger partial charge is 0.326 e. The Labute approximate surface area is 162 Å². The molecule has 1 N–H and O–H groups in total. The second-order valence-electron chi connectivity index (χ2n) is 6.51. The highest BCUT2D eigenvalue weighted by Gasteiger charge is 2.33. The third-order valence-electron chi connectivity index (χ3n) is 4.49. The van der Waals surface area contributed by atoms with Crippen LogP contribution in [0.5, 0.6) is 0 Å². The van der Waals surface area contributed by atoms with E-state index >= 15 is 0 Å². The molecule has 1 aliphatic heterocycles. The zero-order valence-corrected chi connectivity index (χ0v) is 16.9. The number of carbonyl (C=O) groups excluding carboxylic acids is 1. The van der Waals surface area contributed by atoms with Crippen LogP contribution >= 0.6 is 15.9 Å². The van der Waals surface area contributed by atoms with Crippen molar-refractivity contribution < 1.29 is 13.2 Å². The summed E-state index contributed by atoms with van der Waals surface area (Å²) in [7, 11) is -3.59. The SMILES string of the molecule is Cc1cccc(NC(=O)C2CCCN(S(=O)(=O)c3ccc(Br)cc3)C2)c1. The van der Waals surface area contributed by atoms with Crippen LogP contribution in [0.25, 0.3) is 0 Å². The van der Waals surface area contributed by atoms with Gasteiger partial charge < -0.3 is 5.32 Å². The minimum Gasteiger partial charge on any atom is -0.326 e. The highest BCUT2D eigenvalue weighted by molar-refractivity contribution is 9.10. The number of nitrogens with one attached hydrogen (secondary N) is 1. The number of hydrogen-bond donors (Lipinski definition) is 1. The van der Waals surface area contributed by atoms with E-state index in [2.05, 4.69) is 21.2 Å². The van der Waals surface area contributed by atoms with E-state index in [1.807, 2.05) is 31.2 Å². The first-order valence-corrected chi connectivity index (χ1v) is 10.7. The second-order valence-corrected chi connectivity index (χ2v) is 9.37. The fraction of sp³-hybridized carbons (Fsp3) is 0.316. The van der Waals surface area contributed by atoms with E-state index in [-0.39, 0.29) is 23.3 Å². The number of sulfonamides is 1. The smallest absolute Gasteiger partial charge is 0.243 e. The van der Waals surface area contributed by atoms with Gasteiger partial charge in [-0.05, 0) is 61.7 Å². The van der Waals surface area contributed by atoms with Crippen molar-refractivity contribution in [2.45, 2.75) is 24.7 Å². The lowest BCUT2D eigenvalue weighted by Gasteiger charge is -2.31. The van der Waals surface area contributed by atoms with E-state index < -0.39 is 10.0 Å². The number of halogens is 1. The maximum Gasteiger partial charge on any atom is 0.243 e. The number of nitrogens with zero attached hydrogens (tertiary/aromatic N) is 1. The fourth-order valence-electron chi connectivity index (χ4n) is 3.10. The molecular weight excluding hydrogens is 416 g/mol. The molecule has 1 saturated heterocycles. The Morgan fingerprint density at radius 3 is 2.62 bits per heavy atom. The number of anilines is 1. The van der Waals surface area contributed by atoms with Crippen molar-refractivity contribution in [2.75, 3.05) is 18.4 Å². The monoisotopic (exact) mass is 436 g/mol. The van der Waals surface area contributed by atoms with Gasteiger partial charge in [-0.15, -0.1) is 0 Å². The van der Waals surface area contributed by atoms with Crippen LogP contribution in [-0.4, -0.2) is 31.7 Å². The van der Waals surface area contributed by atoms with Crippen molar-refractivity contribution in [3.8, 4) is 0 Å². The molecule has 1 fully saturated rings. The maximum absolute atomic E-state index is 12.8. The van der Waals surface area contributed by atoms with Crippen molar-refractivity contribution in [1.82, 2.24) is 4.31 Å². The van der Waals surface area contributed by atoms with Crippen molar-refractivity contribution >= 4 is 37.5 Å². The highest BCUT2D eigenvalue weighted by Crippen LogP contribution is 2.25. The number of hydrogen-bond acceptors (Lipinski definition) is 3. The van der Waals surface area contributed by atoms with Gasteiger partial charge in [0.1, 0.15) is 0 Å². The molecule has 2 aromatic carbocycles.